The average molecular weight is 197 g/mol. The summed E-state index contributed by atoms with van der Waals surface area (Å²) in [5.74, 6) is -0.806. The number of nitrogens with one attached hydrogen (secondary N) is 1. The predicted molar refractivity (Wildman–Crippen MR) is 55.0 cm³/mol. The molecule has 0 unspecified atom stereocenters. The number of para-hydroxylation sites is 1. The van der Waals surface area contributed by atoms with E-state index in [4.69, 9.17) is 0 Å². The lowest BCUT2D eigenvalue weighted by Crippen LogP contribution is -2.30. The maximum absolute atomic E-state index is 13.1. The molecule has 0 aliphatic rings. The van der Waals surface area contributed by atoms with Gasteiger partial charge in [0.15, 0.2) is 11.6 Å². The van der Waals surface area contributed by atoms with Crippen molar-refractivity contribution in [3.05, 3.63) is 29.6 Å². The van der Waals surface area contributed by atoms with Gasteiger partial charge in [-0.1, -0.05) is 26.0 Å². The van der Waals surface area contributed by atoms with Crippen molar-refractivity contribution < 1.29 is 9.50 Å². The lowest BCUT2D eigenvalue weighted by atomic mass is 9.84. The van der Waals surface area contributed by atoms with Gasteiger partial charge in [0, 0.05) is 17.5 Å². The van der Waals surface area contributed by atoms with Gasteiger partial charge in [0.2, 0.25) is 0 Å². The zero-order valence-corrected chi connectivity index (χ0v) is 8.76. The van der Waals surface area contributed by atoms with E-state index in [0.717, 1.165) is 0 Å². The Bertz CT molecular complexity index is 323. The van der Waals surface area contributed by atoms with Crippen molar-refractivity contribution >= 4 is 0 Å². The highest BCUT2D eigenvalue weighted by molar-refractivity contribution is 5.39. The summed E-state index contributed by atoms with van der Waals surface area (Å²) >= 11 is 0. The summed E-state index contributed by atoms with van der Waals surface area (Å²) in [7, 11) is 1.83. The third-order valence-electron chi connectivity index (χ3n) is 2.33. The van der Waals surface area contributed by atoms with Gasteiger partial charge in [-0.05, 0) is 13.1 Å². The van der Waals surface area contributed by atoms with Crippen LogP contribution in [0.15, 0.2) is 18.2 Å². The molecule has 0 fully saturated rings. The third-order valence-corrected chi connectivity index (χ3v) is 2.33. The molecule has 0 saturated heterocycles. The third kappa shape index (κ3) is 2.04. The number of hydrogen-bond acceptors (Lipinski definition) is 2. The molecule has 3 heteroatoms. The number of likely N-dealkylation sites (N-methyl/N-ethyl adjacent to an activating group) is 1. The van der Waals surface area contributed by atoms with Crippen LogP contribution in [0, 0.1) is 5.82 Å². The molecule has 0 saturated carbocycles. The fourth-order valence-electron chi connectivity index (χ4n) is 1.60. The van der Waals surface area contributed by atoms with Gasteiger partial charge in [-0.2, -0.15) is 0 Å². The molecule has 1 aromatic rings. The molecule has 78 valence electrons. The van der Waals surface area contributed by atoms with E-state index in [1.165, 1.54) is 6.07 Å². The lowest BCUT2D eigenvalue weighted by Gasteiger charge is -2.25. The van der Waals surface area contributed by atoms with Crippen molar-refractivity contribution in [1.82, 2.24) is 5.32 Å². The Hall–Kier alpha value is -1.09. The summed E-state index contributed by atoms with van der Waals surface area (Å²) in [5, 5.41) is 12.6. The van der Waals surface area contributed by atoms with Crippen LogP contribution >= 0.6 is 0 Å². The van der Waals surface area contributed by atoms with Gasteiger partial charge >= 0.3 is 0 Å². The van der Waals surface area contributed by atoms with Crippen LogP contribution in [0.5, 0.6) is 5.75 Å². The van der Waals surface area contributed by atoms with Crippen molar-refractivity contribution in [2.75, 3.05) is 13.6 Å². The standard InChI is InChI=1S/C11H16FNO/c1-11(2,7-13-3)8-5-4-6-9(12)10(8)14/h4-6,13-14H,7H2,1-3H3. The molecule has 0 heterocycles. The molecule has 0 atom stereocenters. The van der Waals surface area contributed by atoms with E-state index < -0.39 is 5.82 Å². The maximum Gasteiger partial charge on any atom is 0.165 e. The molecule has 1 rings (SSSR count). The van der Waals surface area contributed by atoms with E-state index in [1.807, 2.05) is 20.9 Å². The van der Waals surface area contributed by atoms with Gasteiger partial charge in [0.1, 0.15) is 0 Å². The van der Waals surface area contributed by atoms with Gasteiger partial charge in [-0.25, -0.2) is 4.39 Å². The van der Waals surface area contributed by atoms with E-state index in [2.05, 4.69) is 5.32 Å². The first-order chi connectivity index (χ1) is 6.49. The van der Waals surface area contributed by atoms with Gasteiger partial charge < -0.3 is 10.4 Å². The van der Waals surface area contributed by atoms with Crippen molar-refractivity contribution in [1.29, 1.82) is 0 Å². The predicted octanol–water partition coefficient (Wildman–Crippen LogP) is 2.03. The van der Waals surface area contributed by atoms with Crippen LogP contribution in [-0.4, -0.2) is 18.7 Å². The first-order valence-corrected chi connectivity index (χ1v) is 4.61. The summed E-state index contributed by atoms with van der Waals surface area (Å²) in [6.45, 7) is 4.60. The van der Waals surface area contributed by atoms with Gasteiger partial charge in [-0.15, -0.1) is 0 Å². The topological polar surface area (TPSA) is 32.3 Å². The number of hydrogen-bond donors (Lipinski definition) is 2. The molecule has 0 aliphatic carbocycles. The zero-order valence-electron chi connectivity index (χ0n) is 8.76. The monoisotopic (exact) mass is 197 g/mol. The SMILES string of the molecule is CNCC(C)(C)c1cccc(F)c1O. The van der Waals surface area contributed by atoms with Crippen LogP contribution in [-0.2, 0) is 5.41 Å². The largest absolute Gasteiger partial charge is 0.505 e. The van der Waals surface area contributed by atoms with E-state index >= 15 is 0 Å². The number of benzene rings is 1. The molecule has 0 aromatic heterocycles. The summed E-state index contributed by atoms with van der Waals surface area (Å²) in [6.07, 6.45) is 0. The molecule has 0 aliphatic heterocycles. The molecule has 2 nitrogen and oxygen atoms in total. The smallest absolute Gasteiger partial charge is 0.165 e. The number of aromatic hydroxyl groups is 1. The van der Waals surface area contributed by atoms with E-state index in [-0.39, 0.29) is 11.2 Å². The molecule has 0 spiro atoms. The molecule has 1 aromatic carbocycles. The second kappa shape index (κ2) is 3.96. The van der Waals surface area contributed by atoms with Crippen LogP contribution in [0.3, 0.4) is 0 Å². The number of phenols is 1. The molecule has 14 heavy (non-hydrogen) atoms. The first-order valence-electron chi connectivity index (χ1n) is 4.61. The summed E-state index contributed by atoms with van der Waals surface area (Å²) in [4.78, 5) is 0. The minimum absolute atomic E-state index is 0.243. The van der Waals surface area contributed by atoms with E-state index in [1.54, 1.807) is 12.1 Å². The minimum atomic E-state index is -0.563. The van der Waals surface area contributed by atoms with Crippen LogP contribution in [0.1, 0.15) is 19.4 Å². The fourth-order valence-corrected chi connectivity index (χ4v) is 1.60. The minimum Gasteiger partial charge on any atom is -0.505 e. The Morgan fingerprint density at radius 2 is 2.07 bits per heavy atom. The number of phenolic OH excluding ortho intramolecular Hbond substituents is 1. The highest BCUT2D eigenvalue weighted by Gasteiger charge is 2.24. The molecular formula is C11H16FNO. The molecule has 0 radical (unpaired) electrons. The Labute approximate surface area is 83.8 Å². The van der Waals surface area contributed by atoms with Gasteiger partial charge in [0.05, 0.1) is 0 Å². The van der Waals surface area contributed by atoms with Crippen molar-refractivity contribution in [3.63, 3.8) is 0 Å². The number of rotatable bonds is 3. The van der Waals surface area contributed by atoms with Gasteiger partial charge in [-0.3, -0.25) is 0 Å². The van der Waals surface area contributed by atoms with Crippen LogP contribution in [0.25, 0.3) is 0 Å². The van der Waals surface area contributed by atoms with Crippen LogP contribution in [0.2, 0.25) is 0 Å². The zero-order chi connectivity index (χ0) is 10.8. The van der Waals surface area contributed by atoms with E-state index in [0.29, 0.717) is 12.1 Å². The second-order valence-electron chi connectivity index (χ2n) is 4.05. The Balaban J connectivity index is 3.12. The summed E-state index contributed by atoms with van der Waals surface area (Å²) in [5.41, 5.74) is 0.354. The van der Waals surface area contributed by atoms with Crippen LogP contribution < -0.4 is 5.32 Å². The highest BCUT2D eigenvalue weighted by Crippen LogP contribution is 2.31. The summed E-state index contributed by atoms with van der Waals surface area (Å²) in [6, 6.07) is 4.62. The molecule has 0 amide bonds. The van der Waals surface area contributed by atoms with Crippen molar-refractivity contribution in [2.45, 2.75) is 19.3 Å². The first kappa shape index (κ1) is 11.0. The second-order valence-corrected chi connectivity index (χ2v) is 4.05. The maximum atomic E-state index is 13.1. The summed E-state index contributed by atoms with van der Waals surface area (Å²) < 4.78 is 13.1. The quantitative estimate of drug-likeness (QED) is 0.777. The molecule has 0 bridgehead atoms. The molecule has 2 N–H and O–H groups in total. The Kier molecular flexibility index (Phi) is 3.11. The fraction of sp³-hybridized carbons (Fsp3) is 0.455. The molecular weight excluding hydrogens is 181 g/mol. The normalized spacial score (nSPS) is 11.7. The van der Waals surface area contributed by atoms with E-state index in [9.17, 15) is 9.50 Å². The van der Waals surface area contributed by atoms with Crippen molar-refractivity contribution in [2.24, 2.45) is 0 Å². The highest BCUT2D eigenvalue weighted by atomic mass is 19.1. The van der Waals surface area contributed by atoms with Crippen molar-refractivity contribution in [3.8, 4) is 5.75 Å². The lowest BCUT2D eigenvalue weighted by molar-refractivity contribution is 0.398. The van der Waals surface area contributed by atoms with Crippen LogP contribution in [0.4, 0.5) is 4.39 Å². The number of halogens is 1. The Morgan fingerprint density at radius 3 is 2.64 bits per heavy atom. The average Bonchev–Trinajstić information content (AvgIpc) is 2.09. The Morgan fingerprint density at radius 1 is 1.43 bits per heavy atom. The van der Waals surface area contributed by atoms with Gasteiger partial charge in [0.25, 0.3) is 0 Å².